The molecule has 1 aromatic rings. The van der Waals surface area contributed by atoms with Crippen molar-refractivity contribution < 1.29 is 14.4 Å². The minimum absolute atomic E-state index is 0.120. The predicted octanol–water partition coefficient (Wildman–Crippen LogP) is 0.538. The normalized spacial score (nSPS) is 10.9. The van der Waals surface area contributed by atoms with Crippen molar-refractivity contribution in [2.75, 3.05) is 13.6 Å². The summed E-state index contributed by atoms with van der Waals surface area (Å²) >= 11 is 0. The minimum Gasteiger partial charge on any atom is -0.481 e. The molecule has 0 atom stereocenters. The predicted molar refractivity (Wildman–Crippen MR) is 52.3 cm³/mol. The summed E-state index contributed by atoms with van der Waals surface area (Å²) in [5.74, 6) is 0.403. The molecule has 0 aromatic carbocycles. The van der Waals surface area contributed by atoms with Crippen LogP contribution in [-0.4, -0.2) is 39.7 Å². The van der Waals surface area contributed by atoms with Crippen LogP contribution >= 0.6 is 0 Å². The van der Waals surface area contributed by atoms with E-state index in [1.54, 1.807) is 0 Å². The molecule has 84 valence electrons. The van der Waals surface area contributed by atoms with Crippen LogP contribution in [0.15, 0.2) is 4.52 Å². The van der Waals surface area contributed by atoms with Crippen LogP contribution in [0.5, 0.6) is 0 Å². The molecule has 0 aliphatic heterocycles. The van der Waals surface area contributed by atoms with Gasteiger partial charge in [-0.1, -0.05) is 12.1 Å². The van der Waals surface area contributed by atoms with E-state index in [1.807, 2.05) is 18.9 Å². The Kier molecular flexibility index (Phi) is 4.23. The van der Waals surface area contributed by atoms with Crippen LogP contribution in [0.4, 0.5) is 0 Å². The fourth-order valence-corrected chi connectivity index (χ4v) is 1.10. The van der Waals surface area contributed by atoms with Crippen molar-refractivity contribution in [3.8, 4) is 0 Å². The maximum atomic E-state index is 10.3. The lowest BCUT2D eigenvalue weighted by atomic mass is 10.4. The SMILES string of the molecule is CCc1nc(CN(C)CCC(=O)O)no1. The first kappa shape index (κ1) is 11.6. The van der Waals surface area contributed by atoms with E-state index < -0.39 is 5.97 Å². The zero-order chi connectivity index (χ0) is 11.3. The maximum absolute atomic E-state index is 10.3. The van der Waals surface area contributed by atoms with Gasteiger partial charge >= 0.3 is 5.97 Å². The van der Waals surface area contributed by atoms with Gasteiger partial charge in [-0.05, 0) is 7.05 Å². The molecule has 0 saturated carbocycles. The molecule has 1 rings (SSSR count). The Morgan fingerprint density at radius 3 is 2.87 bits per heavy atom. The van der Waals surface area contributed by atoms with Gasteiger partial charge in [0.1, 0.15) is 0 Å². The zero-order valence-corrected chi connectivity index (χ0v) is 8.93. The van der Waals surface area contributed by atoms with Crippen LogP contribution in [0.25, 0.3) is 0 Å². The fraction of sp³-hybridized carbons (Fsp3) is 0.667. The van der Waals surface area contributed by atoms with Gasteiger partial charge in [0.25, 0.3) is 0 Å². The highest BCUT2D eigenvalue weighted by Gasteiger charge is 2.08. The average molecular weight is 213 g/mol. The molecule has 1 heterocycles. The summed E-state index contributed by atoms with van der Waals surface area (Å²) in [6.45, 7) is 2.92. The van der Waals surface area contributed by atoms with Gasteiger partial charge in [-0.15, -0.1) is 0 Å². The minimum atomic E-state index is -0.802. The number of aromatic nitrogens is 2. The number of aryl methyl sites for hydroxylation is 1. The topological polar surface area (TPSA) is 79.5 Å². The second kappa shape index (κ2) is 5.45. The molecule has 1 N–H and O–H groups in total. The molecule has 0 aliphatic rings. The first-order chi connectivity index (χ1) is 7.11. The molecule has 0 unspecified atom stereocenters. The summed E-state index contributed by atoms with van der Waals surface area (Å²) in [4.78, 5) is 16.3. The number of carboxylic acids is 1. The zero-order valence-electron chi connectivity index (χ0n) is 8.93. The largest absolute Gasteiger partial charge is 0.481 e. The van der Waals surface area contributed by atoms with Crippen molar-refractivity contribution in [2.45, 2.75) is 26.3 Å². The Balaban J connectivity index is 2.36. The summed E-state index contributed by atoms with van der Waals surface area (Å²) in [5.41, 5.74) is 0. The van der Waals surface area contributed by atoms with E-state index >= 15 is 0 Å². The quantitative estimate of drug-likeness (QED) is 0.742. The van der Waals surface area contributed by atoms with E-state index in [4.69, 9.17) is 9.63 Å². The summed E-state index contributed by atoms with van der Waals surface area (Å²) in [6.07, 6.45) is 0.834. The number of rotatable bonds is 6. The van der Waals surface area contributed by atoms with E-state index in [9.17, 15) is 4.79 Å². The molecular formula is C9H15N3O3. The molecule has 1 aromatic heterocycles. The van der Waals surface area contributed by atoms with Gasteiger partial charge < -0.3 is 9.63 Å². The Morgan fingerprint density at radius 2 is 2.33 bits per heavy atom. The molecule has 6 nitrogen and oxygen atoms in total. The molecule has 15 heavy (non-hydrogen) atoms. The molecule has 0 aliphatic carbocycles. The van der Waals surface area contributed by atoms with Crippen molar-refractivity contribution >= 4 is 5.97 Å². The summed E-state index contributed by atoms with van der Waals surface area (Å²) in [6, 6.07) is 0. The highest BCUT2D eigenvalue weighted by molar-refractivity contribution is 5.66. The van der Waals surface area contributed by atoms with E-state index in [1.165, 1.54) is 0 Å². The number of carbonyl (C=O) groups is 1. The highest BCUT2D eigenvalue weighted by Crippen LogP contribution is 2.01. The molecule has 0 bridgehead atoms. The number of nitrogens with zero attached hydrogens (tertiary/aromatic N) is 3. The average Bonchev–Trinajstić information content (AvgIpc) is 2.62. The summed E-state index contributed by atoms with van der Waals surface area (Å²) < 4.78 is 4.94. The first-order valence-corrected chi connectivity index (χ1v) is 4.83. The Morgan fingerprint density at radius 1 is 1.60 bits per heavy atom. The Labute approximate surface area is 87.9 Å². The van der Waals surface area contributed by atoms with Gasteiger partial charge in [-0.2, -0.15) is 4.98 Å². The lowest BCUT2D eigenvalue weighted by Gasteiger charge is -2.11. The van der Waals surface area contributed by atoms with Crippen molar-refractivity contribution in [1.82, 2.24) is 15.0 Å². The standard InChI is InChI=1S/C9H15N3O3/c1-3-8-10-7(11-15-8)6-12(2)5-4-9(13)14/h3-6H2,1-2H3,(H,13,14). The van der Waals surface area contributed by atoms with E-state index in [0.29, 0.717) is 31.2 Å². The van der Waals surface area contributed by atoms with Crippen molar-refractivity contribution in [3.05, 3.63) is 11.7 Å². The second-order valence-electron chi connectivity index (χ2n) is 3.34. The van der Waals surface area contributed by atoms with Crippen LogP contribution in [0.2, 0.25) is 0 Å². The van der Waals surface area contributed by atoms with E-state index in [-0.39, 0.29) is 6.42 Å². The highest BCUT2D eigenvalue weighted by atomic mass is 16.5. The second-order valence-corrected chi connectivity index (χ2v) is 3.34. The molecule has 0 radical (unpaired) electrons. The summed E-state index contributed by atoms with van der Waals surface area (Å²) in [5, 5.41) is 12.3. The van der Waals surface area contributed by atoms with Crippen LogP contribution in [0, 0.1) is 0 Å². The van der Waals surface area contributed by atoms with Crippen molar-refractivity contribution in [3.63, 3.8) is 0 Å². The van der Waals surface area contributed by atoms with Gasteiger partial charge in [0.15, 0.2) is 5.82 Å². The molecule has 0 spiro atoms. The Hall–Kier alpha value is -1.43. The fourth-order valence-electron chi connectivity index (χ4n) is 1.10. The molecule has 0 amide bonds. The maximum Gasteiger partial charge on any atom is 0.304 e. The van der Waals surface area contributed by atoms with Gasteiger partial charge in [0.2, 0.25) is 5.89 Å². The monoisotopic (exact) mass is 213 g/mol. The van der Waals surface area contributed by atoms with Crippen molar-refractivity contribution in [1.29, 1.82) is 0 Å². The van der Waals surface area contributed by atoms with Gasteiger partial charge in [-0.3, -0.25) is 9.69 Å². The first-order valence-electron chi connectivity index (χ1n) is 4.83. The number of aliphatic carboxylic acids is 1. The lowest BCUT2D eigenvalue weighted by Crippen LogP contribution is -2.21. The van der Waals surface area contributed by atoms with Crippen LogP contribution in [0.1, 0.15) is 25.1 Å². The number of carboxylic acid groups (broad SMARTS) is 1. The molecule has 0 saturated heterocycles. The molecular weight excluding hydrogens is 198 g/mol. The van der Waals surface area contributed by atoms with Crippen LogP contribution in [-0.2, 0) is 17.8 Å². The molecule has 6 heteroatoms. The smallest absolute Gasteiger partial charge is 0.304 e. The third kappa shape index (κ3) is 4.07. The van der Waals surface area contributed by atoms with E-state index in [0.717, 1.165) is 0 Å². The number of hydrogen-bond donors (Lipinski definition) is 1. The van der Waals surface area contributed by atoms with Crippen LogP contribution < -0.4 is 0 Å². The van der Waals surface area contributed by atoms with Gasteiger partial charge in [0.05, 0.1) is 13.0 Å². The van der Waals surface area contributed by atoms with Gasteiger partial charge in [-0.25, -0.2) is 0 Å². The third-order valence-electron chi connectivity index (χ3n) is 1.93. The summed E-state index contributed by atoms with van der Waals surface area (Å²) in [7, 11) is 1.82. The Bertz CT molecular complexity index is 324. The molecule has 0 fully saturated rings. The van der Waals surface area contributed by atoms with E-state index in [2.05, 4.69) is 10.1 Å². The van der Waals surface area contributed by atoms with Gasteiger partial charge in [0, 0.05) is 13.0 Å². The lowest BCUT2D eigenvalue weighted by molar-refractivity contribution is -0.137. The van der Waals surface area contributed by atoms with Crippen LogP contribution in [0.3, 0.4) is 0 Å². The van der Waals surface area contributed by atoms with Crippen molar-refractivity contribution in [2.24, 2.45) is 0 Å². The third-order valence-corrected chi connectivity index (χ3v) is 1.93. The number of hydrogen-bond acceptors (Lipinski definition) is 5.